The first-order valence-electron chi connectivity index (χ1n) is 6.76. The summed E-state index contributed by atoms with van der Waals surface area (Å²) in [5.41, 5.74) is 3.51. The van der Waals surface area contributed by atoms with E-state index in [0.717, 1.165) is 0 Å². The molecule has 9 heteroatoms. The van der Waals surface area contributed by atoms with Crippen molar-refractivity contribution >= 4 is 15.9 Å². The molecule has 0 aliphatic heterocycles. The molecule has 0 saturated heterocycles. The zero-order valence-electron chi connectivity index (χ0n) is 12.9. The number of carbonyl (C=O) groups is 1. The summed E-state index contributed by atoms with van der Waals surface area (Å²) in [6.45, 7) is 3.19. The first kappa shape index (κ1) is 17.1. The minimum absolute atomic E-state index is 0.0297. The number of sulfonamides is 1. The second kappa shape index (κ2) is 6.47. The number of carbonyl (C=O) groups excluding carboxylic acids is 1. The van der Waals surface area contributed by atoms with Gasteiger partial charge in [-0.2, -0.15) is 5.10 Å². The molecule has 124 valence electrons. The monoisotopic (exact) mass is 340 g/mol. The molecular formula is C14H17FN4O3S. The normalized spacial score (nSPS) is 11.5. The maximum atomic E-state index is 12.8. The van der Waals surface area contributed by atoms with E-state index in [9.17, 15) is 17.6 Å². The van der Waals surface area contributed by atoms with Gasteiger partial charge in [-0.1, -0.05) is 12.1 Å². The zero-order chi connectivity index (χ0) is 17.2. The van der Waals surface area contributed by atoms with Crippen LogP contribution in [-0.4, -0.2) is 24.1 Å². The predicted octanol–water partition coefficient (Wildman–Crippen LogP) is 0.728. The van der Waals surface area contributed by atoms with Gasteiger partial charge in [-0.05, 0) is 31.5 Å². The van der Waals surface area contributed by atoms with E-state index >= 15 is 0 Å². The second-order valence-corrected chi connectivity index (χ2v) is 6.70. The van der Waals surface area contributed by atoms with E-state index in [1.165, 1.54) is 28.9 Å². The summed E-state index contributed by atoms with van der Waals surface area (Å²) in [6, 6.07) is 5.38. The van der Waals surface area contributed by atoms with Gasteiger partial charge in [-0.25, -0.2) is 12.8 Å². The number of aryl methyl sites for hydroxylation is 2. The number of benzene rings is 1. The molecule has 7 nitrogen and oxygen atoms in total. The quantitative estimate of drug-likeness (QED) is 0.785. The van der Waals surface area contributed by atoms with Crippen LogP contribution in [0.25, 0.3) is 0 Å². The fourth-order valence-electron chi connectivity index (χ4n) is 2.15. The third-order valence-corrected chi connectivity index (χ3v) is 4.81. The van der Waals surface area contributed by atoms with Gasteiger partial charge in [-0.3, -0.25) is 14.9 Å². The van der Waals surface area contributed by atoms with Crippen LogP contribution in [0.5, 0.6) is 0 Å². The van der Waals surface area contributed by atoms with Crippen LogP contribution in [0.2, 0.25) is 0 Å². The number of nitrogens with one attached hydrogen (secondary N) is 2. The summed E-state index contributed by atoms with van der Waals surface area (Å²) in [5.74, 6) is -0.961. The molecular weight excluding hydrogens is 323 g/mol. The van der Waals surface area contributed by atoms with Crippen molar-refractivity contribution < 1.29 is 17.6 Å². The van der Waals surface area contributed by atoms with Gasteiger partial charge in [0.1, 0.15) is 10.7 Å². The highest BCUT2D eigenvalue weighted by Crippen LogP contribution is 2.17. The molecule has 0 spiro atoms. The number of amides is 1. The number of hydrogen-bond acceptors (Lipinski definition) is 4. The molecule has 0 saturated carbocycles. The van der Waals surface area contributed by atoms with Crippen molar-refractivity contribution in [2.24, 2.45) is 7.05 Å². The summed E-state index contributed by atoms with van der Waals surface area (Å²) < 4.78 is 38.8. The Bertz CT molecular complexity index is 828. The van der Waals surface area contributed by atoms with E-state index in [-0.39, 0.29) is 11.3 Å². The Hall–Kier alpha value is -2.26. The van der Waals surface area contributed by atoms with Crippen LogP contribution in [-0.2, 0) is 28.3 Å². The molecule has 2 aromatic rings. The zero-order valence-corrected chi connectivity index (χ0v) is 13.7. The Morgan fingerprint density at radius 2 is 1.87 bits per heavy atom. The van der Waals surface area contributed by atoms with Crippen molar-refractivity contribution in [3.05, 3.63) is 47.0 Å². The largest absolute Gasteiger partial charge is 0.277 e. The van der Waals surface area contributed by atoms with Gasteiger partial charge in [0.05, 0.1) is 17.8 Å². The molecule has 0 radical (unpaired) electrons. The number of hydrogen-bond donors (Lipinski definition) is 2. The van der Waals surface area contributed by atoms with E-state index in [0.29, 0.717) is 17.0 Å². The molecule has 0 fully saturated rings. The van der Waals surface area contributed by atoms with Crippen LogP contribution in [0.15, 0.2) is 29.2 Å². The lowest BCUT2D eigenvalue weighted by Crippen LogP contribution is -2.42. The fraction of sp³-hybridized carbons (Fsp3) is 0.286. The van der Waals surface area contributed by atoms with Gasteiger partial charge in [0.25, 0.3) is 10.0 Å². The molecule has 23 heavy (non-hydrogen) atoms. The van der Waals surface area contributed by atoms with Crippen molar-refractivity contribution in [1.82, 2.24) is 20.0 Å². The lowest BCUT2D eigenvalue weighted by atomic mass is 10.1. The number of halogens is 1. The van der Waals surface area contributed by atoms with Crippen LogP contribution in [0, 0.1) is 19.7 Å². The van der Waals surface area contributed by atoms with Crippen molar-refractivity contribution in [3.63, 3.8) is 0 Å². The van der Waals surface area contributed by atoms with Crippen molar-refractivity contribution in [2.45, 2.75) is 25.2 Å². The highest BCUT2D eigenvalue weighted by atomic mass is 32.2. The first-order valence-corrected chi connectivity index (χ1v) is 8.24. The van der Waals surface area contributed by atoms with Crippen LogP contribution in [0.1, 0.15) is 17.0 Å². The van der Waals surface area contributed by atoms with Crippen LogP contribution >= 0.6 is 0 Å². The number of hydrazine groups is 1. The van der Waals surface area contributed by atoms with Gasteiger partial charge >= 0.3 is 0 Å². The molecule has 0 aliphatic rings. The third-order valence-electron chi connectivity index (χ3n) is 3.31. The smallest absolute Gasteiger partial charge is 0.261 e. The Kier molecular flexibility index (Phi) is 4.81. The minimum Gasteiger partial charge on any atom is -0.277 e. The molecule has 0 unspecified atom stereocenters. The van der Waals surface area contributed by atoms with Crippen molar-refractivity contribution in [1.29, 1.82) is 0 Å². The Morgan fingerprint density at radius 1 is 1.26 bits per heavy atom. The van der Waals surface area contributed by atoms with Gasteiger partial charge in [0, 0.05) is 7.05 Å². The van der Waals surface area contributed by atoms with E-state index in [1.807, 2.05) is 4.83 Å². The van der Waals surface area contributed by atoms with Gasteiger partial charge in [0.2, 0.25) is 5.91 Å². The van der Waals surface area contributed by atoms with Gasteiger partial charge < -0.3 is 0 Å². The van der Waals surface area contributed by atoms with Crippen molar-refractivity contribution in [3.8, 4) is 0 Å². The molecule has 1 heterocycles. The van der Waals surface area contributed by atoms with E-state index in [2.05, 4.69) is 10.5 Å². The van der Waals surface area contributed by atoms with Crippen LogP contribution in [0.3, 0.4) is 0 Å². The summed E-state index contributed by atoms with van der Waals surface area (Å²) in [5, 5.41) is 4.03. The molecule has 2 rings (SSSR count). The highest BCUT2D eigenvalue weighted by Gasteiger charge is 2.24. The van der Waals surface area contributed by atoms with Crippen LogP contribution in [0.4, 0.5) is 4.39 Å². The summed E-state index contributed by atoms with van der Waals surface area (Å²) >= 11 is 0. The highest BCUT2D eigenvalue weighted by molar-refractivity contribution is 7.89. The minimum atomic E-state index is -3.92. The lowest BCUT2D eigenvalue weighted by molar-refractivity contribution is -0.120. The molecule has 1 aromatic carbocycles. The van der Waals surface area contributed by atoms with E-state index < -0.39 is 21.7 Å². The molecule has 2 N–H and O–H groups in total. The number of nitrogens with zero attached hydrogens (tertiary/aromatic N) is 2. The maximum absolute atomic E-state index is 12.8. The third kappa shape index (κ3) is 3.93. The maximum Gasteiger partial charge on any atom is 0.261 e. The summed E-state index contributed by atoms with van der Waals surface area (Å²) in [7, 11) is -2.29. The second-order valence-electron chi connectivity index (χ2n) is 5.08. The average molecular weight is 340 g/mol. The average Bonchev–Trinajstić information content (AvgIpc) is 2.73. The Labute approximate surface area is 133 Å². The Balaban J connectivity index is 2.04. The SMILES string of the molecule is Cc1nn(C)c(C)c1S(=O)(=O)NNC(=O)Cc1ccc(F)cc1. The summed E-state index contributed by atoms with van der Waals surface area (Å²) in [6.07, 6.45) is -0.0756. The Morgan fingerprint density at radius 3 is 2.39 bits per heavy atom. The molecule has 0 atom stereocenters. The molecule has 0 bridgehead atoms. The lowest BCUT2D eigenvalue weighted by Gasteiger charge is -2.09. The van der Waals surface area contributed by atoms with E-state index in [1.54, 1.807) is 20.9 Å². The predicted molar refractivity (Wildman–Crippen MR) is 81.3 cm³/mol. The molecule has 1 amide bonds. The molecule has 0 aliphatic carbocycles. The fourth-order valence-corrected chi connectivity index (χ4v) is 3.45. The van der Waals surface area contributed by atoms with Gasteiger partial charge in [-0.15, -0.1) is 4.83 Å². The standard InChI is InChI=1S/C14H17FN4O3S/c1-9-14(10(2)19(3)17-9)23(21,22)18-16-13(20)8-11-4-6-12(15)7-5-11/h4-7,18H,8H2,1-3H3,(H,16,20). The topological polar surface area (TPSA) is 93.1 Å². The van der Waals surface area contributed by atoms with E-state index in [4.69, 9.17) is 0 Å². The first-order chi connectivity index (χ1) is 10.7. The number of rotatable bonds is 5. The van der Waals surface area contributed by atoms with Crippen LogP contribution < -0.4 is 10.3 Å². The van der Waals surface area contributed by atoms with Crippen molar-refractivity contribution in [2.75, 3.05) is 0 Å². The van der Waals surface area contributed by atoms with Gasteiger partial charge in [0.15, 0.2) is 0 Å². The molecule has 1 aromatic heterocycles. The summed E-state index contributed by atoms with van der Waals surface area (Å²) in [4.78, 5) is 13.9. The number of aromatic nitrogens is 2.